The van der Waals surface area contributed by atoms with Gasteiger partial charge in [-0.25, -0.2) is 0 Å². The van der Waals surface area contributed by atoms with E-state index in [2.05, 4.69) is 21.7 Å². The molecule has 1 heterocycles. The van der Waals surface area contributed by atoms with Crippen molar-refractivity contribution in [3.05, 3.63) is 64.3 Å². The van der Waals surface area contributed by atoms with Crippen molar-refractivity contribution in [2.45, 2.75) is 6.42 Å². The molecule has 1 amide bonds. The Balaban J connectivity index is 1.48. The van der Waals surface area contributed by atoms with Crippen LogP contribution in [0.1, 0.15) is 5.56 Å². The second-order valence-corrected chi connectivity index (χ2v) is 6.28. The molecule has 0 aliphatic heterocycles. The van der Waals surface area contributed by atoms with E-state index in [1.807, 2.05) is 24.4 Å². The molecule has 0 unspecified atom stereocenters. The Hall–Kier alpha value is -2.17. The summed E-state index contributed by atoms with van der Waals surface area (Å²) in [6.07, 6.45) is 2.76. The summed E-state index contributed by atoms with van der Waals surface area (Å²) in [5, 5.41) is 8.19. The van der Waals surface area contributed by atoms with Gasteiger partial charge in [-0.05, 0) is 36.2 Å². The molecule has 24 heavy (non-hydrogen) atoms. The number of H-pyrrole nitrogens is 1. The average molecular weight is 362 g/mol. The van der Waals surface area contributed by atoms with Gasteiger partial charge in [0.1, 0.15) is 0 Å². The van der Waals surface area contributed by atoms with Crippen molar-refractivity contribution in [3.63, 3.8) is 0 Å². The van der Waals surface area contributed by atoms with Gasteiger partial charge in [-0.3, -0.25) is 4.79 Å². The number of hydrogen-bond acceptors (Lipinski definition) is 2. The molecular formula is C18H17Cl2N3O. The van der Waals surface area contributed by atoms with Gasteiger partial charge in [0.15, 0.2) is 0 Å². The molecule has 0 atom stereocenters. The quantitative estimate of drug-likeness (QED) is 0.614. The predicted octanol–water partition coefficient (Wildman–Crippen LogP) is 4.25. The molecule has 0 aliphatic rings. The van der Waals surface area contributed by atoms with Crippen molar-refractivity contribution in [2.24, 2.45) is 0 Å². The maximum absolute atomic E-state index is 11.9. The first-order chi connectivity index (χ1) is 11.6. The molecule has 0 fully saturated rings. The number of aromatic nitrogens is 1. The third kappa shape index (κ3) is 4.02. The molecule has 4 nitrogen and oxygen atoms in total. The Kier molecular flexibility index (Phi) is 5.28. The summed E-state index contributed by atoms with van der Waals surface area (Å²) < 4.78 is 0. The highest BCUT2D eigenvalue weighted by Crippen LogP contribution is 2.25. The lowest BCUT2D eigenvalue weighted by Gasteiger charge is -2.09. The smallest absolute Gasteiger partial charge is 0.239 e. The fourth-order valence-corrected chi connectivity index (χ4v) is 2.90. The second-order valence-electron chi connectivity index (χ2n) is 5.44. The predicted molar refractivity (Wildman–Crippen MR) is 100.0 cm³/mol. The fraction of sp³-hybridized carbons (Fsp3) is 0.167. The van der Waals surface area contributed by atoms with Crippen molar-refractivity contribution in [3.8, 4) is 0 Å². The zero-order chi connectivity index (χ0) is 16.9. The van der Waals surface area contributed by atoms with Crippen LogP contribution in [0.25, 0.3) is 10.9 Å². The minimum Gasteiger partial charge on any atom is -0.375 e. The van der Waals surface area contributed by atoms with Crippen molar-refractivity contribution < 1.29 is 4.79 Å². The van der Waals surface area contributed by atoms with E-state index in [1.54, 1.807) is 18.2 Å². The number of anilines is 1. The van der Waals surface area contributed by atoms with Crippen LogP contribution in [0.5, 0.6) is 0 Å². The number of fused-ring (bicyclic) bond motifs is 1. The lowest BCUT2D eigenvalue weighted by molar-refractivity contribution is -0.119. The van der Waals surface area contributed by atoms with E-state index in [-0.39, 0.29) is 12.5 Å². The molecule has 0 saturated heterocycles. The summed E-state index contributed by atoms with van der Waals surface area (Å²) >= 11 is 12.0. The number of aromatic amines is 1. The number of nitrogens with one attached hydrogen (secondary N) is 3. The monoisotopic (exact) mass is 361 g/mol. The van der Waals surface area contributed by atoms with Gasteiger partial charge in [-0.2, -0.15) is 0 Å². The molecule has 0 radical (unpaired) electrons. The summed E-state index contributed by atoms with van der Waals surface area (Å²) in [5.41, 5.74) is 2.95. The first-order valence-electron chi connectivity index (χ1n) is 7.64. The number of halogens is 2. The second kappa shape index (κ2) is 7.60. The van der Waals surface area contributed by atoms with E-state index >= 15 is 0 Å². The van der Waals surface area contributed by atoms with Gasteiger partial charge in [0.05, 0.1) is 17.3 Å². The lowest BCUT2D eigenvalue weighted by Crippen LogP contribution is -2.31. The van der Waals surface area contributed by atoms with Gasteiger partial charge in [0, 0.05) is 28.7 Å². The standard InChI is InChI=1S/C18H17Cl2N3O/c19-13-5-6-15(20)17(9-13)23-11-18(24)21-8-7-12-10-22-16-4-2-1-3-14(12)16/h1-6,9-10,22-23H,7-8,11H2,(H,21,24). The zero-order valence-electron chi connectivity index (χ0n) is 12.9. The third-order valence-electron chi connectivity index (χ3n) is 3.76. The zero-order valence-corrected chi connectivity index (χ0v) is 14.4. The molecule has 124 valence electrons. The maximum Gasteiger partial charge on any atom is 0.239 e. The van der Waals surface area contributed by atoms with Crippen LogP contribution in [0.2, 0.25) is 10.0 Å². The van der Waals surface area contributed by atoms with Crippen LogP contribution in [0.15, 0.2) is 48.7 Å². The minimum absolute atomic E-state index is 0.0918. The summed E-state index contributed by atoms with van der Waals surface area (Å²) in [6, 6.07) is 13.2. The van der Waals surface area contributed by atoms with Crippen LogP contribution in [0.3, 0.4) is 0 Å². The highest BCUT2D eigenvalue weighted by Gasteiger charge is 2.06. The Labute approximate surface area is 150 Å². The van der Waals surface area contributed by atoms with Crippen molar-refractivity contribution in [1.29, 1.82) is 0 Å². The number of rotatable bonds is 6. The van der Waals surface area contributed by atoms with Gasteiger partial charge < -0.3 is 15.6 Å². The van der Waals surface area contributed by atoms with Crippen molar-refractivity contribution in [2.75, 3.05) is 18.4 Å². The van der Waals surface area contributed by atoms with Gasteiger partial charge in [-0.1, -0.05) is 41.4 Å². The molecule has 3 N–H and O–H groups in total. The van der Waals surface area contributed by atoms with E-state index < -0.39 is 0 Å². The molecule has 3 aromatic rings. The van der Waals surface area contributed by atoms with Crippen LogP contribution in [0.4, 0.5) is 5.69 Å². The first kappa shape index (κ1) is 16.7. The number of carbonyl (C=O) groups excluding carboxylic acids is 1. The Bertz CT molecular complexity index is 860. The molecule has 0 aliphatic carbocycles. The molecule has 0 saturated carbocycles. The largest absolute Gasteiger partial charge is 0.375 e. The van der Waals surface area contributed by atoms with Gasteiger partial charge in [0.2, 0.25) is 5.91 Å². The van der Waals surface area contributed by atoms with Crippen LogP contribution < -0.4 is 10.6 Å². The van der Waals surface area contributed by atoms with E-state index in [1.165, 1.54) is 10.9 Å². The summed E-state index contributed by atoms with van der Waals surface area (Å²) in [7, 11) is 0. The minimum atomic E-state index is -0.0918. The van der Waals surface area contributed by atoms with E-state index in [0.717, 1.165) is 11.9 Å². The third-order valence-corrected chi connectivity index (χ3v) is 4.32. The highest BCUT2D eigenvalue weighted by molar-refractivity contribution is 6.35. The van der Waals surface area contributed by atoms with Gasteiger partial charge in [-0.15, -0.1) is 0 Å². The SMILES string of the molecule is O=C(CNc1cc(Cl)ccc1Cl)NCCc1c[nH]c2ccccc12. The van der Waals surface area contributed by atoms with Crippen LogP contribution in [-0.2, 0) is 11.2 Å². The van der Waals surface area contributed by atoms with E-state index in [0.29, 0.717) is 22.3 Å². The van der Waals surface area contributed by atoms with Gasteiger partial charge in [0.25, 0.3) is 0 Å². The number of hydrogen-bond donors (Lipinski definition) is 3. The van der Waals surface area contributed by atoms with Crippen molar-refractivity contribution in [1.82, 2.24) is 10.3 Å². The topological polar surface area (TPSA) is 56.9 Å². The van der Waals surface area contributed by atoms with Gasteiger partial charge >= 0.3 is 0 Å². The van der Waals surface area contributed by atoms with Crippen LogP contribution in [0, 0.1) is 0 Å². The lowest BCUT2D eigenvalue weighted by atomic mass is 10.1. The van der Waals surface area contributed by atoms with Crippen LogP contribution >= 0.6 is 23.2 Å². The highest BCUT2D eigenvalue weighted by atomic mass is 35.5. The summed E-state index contributed by atoms with van der Waals surface area (Å²) in [5.74, 6) is -0.0918. The average Bonchev–Trinajstić information content (AvgIpc) is 2.99. The number of benzene rings is 2. The molecular weight excluding hydrogens is 345 g/mol. The number of carbonyl (C=O) groups is 1. The maximum atomic E-state index is 11.9. The number of amides is 1. The van der Waals surface area contributed by atoms with Crippen LogP contribution in [-0.4, -0.2) is 24.0 Å². The Morgan fingerprint density at radius 1 is 1.12 bits per heavy atom. The fourth-order valence-electron chi connectivity index (χ4n) is 2.55. The number of para-hydroxylation sites is 1. The van der Waals surface area contributed by atoms with Crippen molar-refractivity contribution >= 4 is 45.7 Å². The molecule has 0 bridgehead atoms. The summed E-state index contributed by atoms with van der Waals surface area (Å²) in [6.45, 7) is 0.722. The first-order valence-corrected chi connectivity index (χ1v) is 8.39. The molecule has 3 rings (SSSR count). The summed E-state index contributed by atoms with van der Waals surface area (Å²) in [4.78, 5) is 15.2. The molecule has 6 heteroatoms. The molecule has 2 aromatic carbocycles. The Morgan fingerprint density at radius 2 is 1.96 bits per heavy atom. The molecule has 0 spiro atoms. The normalized spacial score (nSPS) is 10.8. The molecule has 1 aromatic heterocycles. The van der Waals surface area contributed by atoms with E-state index in [4.69, 9.17) is 23.2 Å². The van der Waals surface area contributed by atoms with E-state index in [9.17, 15) is 4.79 Å². The Morgan fingerprint density at radius 3 is 2.83 bits per heavy atom.